The van der Waals surface area contributed by atoms with Gasteiger partial charge in [-0.3, -0.25) is 9.59 Å². The van der Waals surface area contributed by atoms with Crippen LogP contribution < -0.4 is 10.6 Å². The van der Waals surface area contributed by atoms with E-state index in [-0.39, 0.29) is 23.8 Å². The zero-order chi connectivity index (χ0) is 23.1. The number of aromatic nitrogens is 3. The average Bonchev–Trinajstić information content (AvgIpc) is 3.13. The summed E-state index contributed by atoms with van der Waals surface area (Å²) in [5.74, 6) is -0.368. The molecule has 32 heavy (non-hydrogen) atoms. The number of alkyl halides is 3. The number of nitrogens with one attached hydrogen (secondary N) is 2. The topological polar surface area (TPSA) is 88.9 Å². The molecular formula is C21H20F3N5O2S. The van der Waals surface area contributed by atoms with Gasteiger partial charge in [-0.1, -0.05) is 36.0 Å². The third kappa shape index (κ3) is 6.33. The number of carbonyl (C=O) groups excluding carboxylic acids is 2. The van der Waals surface area contributed by atoms with Crippen LogP contribution in [0, 0.1) is 0 Å². The molecule has 0 aliphatic heterocycles. The highest BCUT2D eigenvalue weighted by molar-refractivity contribution is 7.99. The lowest BCUT2D eigenvalue weighted by Gasteiger charge is -2.10. The number of hydrogen-bond acceptors (Lipinski definition) is 5. The number of para-hydroxylation sites is 1. The van der Waals surface area contributed by atoms with Gasteiger partial charge in [0.25, 0.3) is 0 Å². The van der Waals surface area contributed by atoms with Gasteiger partial charge in [-0.05, 0) is 37.3 Å². The van der Waals surface area contributed by atoms with Crippen molar-refractivity contribution in [2.45, 2.75) is 31.2 Å². The highest BCUT2D eigenvalue weighted by Crippen LogP contribution is 2.30. The van der Waals surface area contributed by atoms with Gasteiger partial charge in [0, 0.05) is 17.9 Å². The molecule has 2 amide bonds. The van der Waals surface area contributed by atoms with Crippen molar-refractivity contribution in [3.8, 4) is 0 Å². The standard InChI is InChI=1S/C21H20F3N5O2S/c1-2-29-17(12-18(30)25-15-8-4-3-5-9-15)27-28-20(29)32-13-19(31)26-16-10-6-7-14(11-16)21(22,23)24/h3-11H,2,12-13H2,1H3,(H,25,30)(H,26,31). The summed E-state index contributed by atoms with van der Waals surface area (Å²) in [4.78, 5) is 24.5. The fourth-order valence-electron chi connectivity index (χ4n) is 2.84. The summed E-state index contributed by atoms with van der Waals surface area (Å²) in [5, 5.41) is 13.7. The lowest BCUT2D eigenvalue weighted by atomic mass is 10.2. The Balaban J connectivity index is 1.58. The molecular weight excluding hydrogens is 443 g/mol. The van der Waals surface area contributed by atoms with Gasteiger partial charge in [-0.2, -0.15) is 13.2 Å². The molecule has 1 heterocycles. The summed E-state index contributed by atoms with van der Waals surface area (Å²) in [6.45, 7) is 2.34. The Morgan fingerprint density at radius 3 is 2.34 bits per heavy atom. The first-order valence-electron chi connectivity index (χ1n) is 9.63. The fraction of sp³-hybridized carbons (Fsp3) is 0.238. The minimum absolute atomic E-state index is 0.00667. The van der Waals surface area contributed by atoms with Crippen LogP contribution in [0.3, 0.4) is 0 Å². The van der Waals surface area contributed by atoms with E-state index >= 15 is 0 Å². The zero-order valence-corrected chi connectivity index (χ0v) is 17.8. The van der Waals surface area contributed by atoms with E-state index in [2.05, 4.69) is 20.8 Å². The maximum atomic E-state index is 12.8. The molecule has 0 bridgehead atoms. The number of amides is 2. The summed E-state index contributed by atoms with van der Waals surface area (Å²) >= 11 is 1.08. The van der Waals surface area contributed by atoms with Crippen molar-refractivity contribution < 1.29 is 22.8 Å². The summed E-state index contributed by atoms with van der Waals surface area (Å²) < 4.78 is 40.1. The monoisotopic (exact) mass is 463 g/mol. The van der Waals surface area contributed by atoms with Crippen LogP contribution in [0.5, 0.6) is 0 Å². The molecule has 0 spiro atoms. The molecule has 7 nitrogen and oxygen atoms in total. The van der Waals surface area contributed by atoms with Crippen LogP contribution in [-0.2, 0) is 28.7 Å². The highest BCUT2D eigenvalue weighted by Gasteiger charge is 2.30. The maximum absolute atomic E-state index is 12.8. The highest BCUT2D eigenvalue weighted by atomic mass is 32.2. The smallest absolute Gasteiger partial charge is 0.326 e. The summed E-state index contributed by atoms with van der Waals surface area (Å²) in [6.07, 6.45) is -4.48. The summed E-state index contributed by atoms with van der Waals surface area (Å²) in [7, 11) is 0. The second-order valence-corrected chi connectivity index (χ2v) is 7.59. The number of benzene rings is 2. The predicted molar refractivity (Wildman–Crippen MR) is 115 cm³/mol. The van der Waals surface area contributed by atoms with E-state index in [1.165, 1.54) is 12.1 Å². The van der Waals surface area contributed by atoms with Crippen molar-refractivity contribution in [3.63, 3.8) is 0 Å². The van der Waals surface area contributed by atoms with E-state index in [4.69, 9.17) is 0 Å². The van der Waals surface area contributed by atoms with Gasteiger partial charge in [-0.15, -0.1) is 10.2 Å². The number of nitrogens with zero attached hydrogens (tertiary/aromatic N) is 3. The van der Waals surface area contributed by atoms with Gasteiger partial charge in [0.1, 0.15) is 5.82 Å². The predicted octanol–water partition coefficient (Wildman–Crippen LogP) is 4.23. The van der Waals surface area contributed by atoms with Crippen LogP contribution in [0.15, 0.2) is 59.8 Å². The van der Waals surface area contributed by atoms with E-state index in [0.29, 0.717) is 23.2 Å². The molecule has 0 atom stereocenters. The van der Waals surface area contributed by atoms with E-state index in [1.807, 2.05) is 25.1 Å². The van der Waals surface area contributed by atoms with Crippen LogP contribution in [-0.4, -0.2) is 32.3 Å². The molecule has 168 valence electrons. The molecule has 2 aromatic carbocycles. The Hall–Kier alpha value is -3.34. The van der Waals surface area contributed by atoms with Crippen molar-refractivity contribution in [1.82, 2.24) is 14.8 Å². The lowest BCUT2D eigenvalue weighted by molar-refractivity contribution is -0.137. The number of carbonyl (C=O) groups is 2. The van der Waals surface area contributed by atoms with Crippen molar-refractivity contribution in [2.75, 3.05) is 16.4 Å². The summed E-state index contributed by atoms with van der Waals surface area (Å²) in [6, 6.07) is 13.4. The molecule has 1 aromatic heterocycles. The van der Waals surface area contributed by atoms with Crippen molar-refractivity contribution in [1.29, 1.82) is 0 Å². The molecule has 3 aromatic rings. The molecule has 0 unspecified atom stereocenters. The molecule has 3 rings (SSSR count). The number of hydrogen-bond donors (Lipinski definition) is 2. The van der Waals surface area contributed by atoms with Crippen molar-refractivity contribution >= 4 is 35.0 Å². The van der Waals surface area contributed by atoms with Gasteiger partial charge in [-0.25, -0.2) is 0 Å². The third-order valence-corrected chi connectivity index (χ3v) is 5.26. The first-order chi connectivity index (χ1) is 15.3. The molecule has 0 aliphatic carbocycles. The first kappa shape index (κ1) is 23.3. The quantitative estimate of drug-likeness (QED) is 0.488. The Morgan fingerprint density at radius 1 is 0.969 bits per heavy atom. The van der Waals surface area contributed by atoms with Gasteiger partial charge >= 0.3 is 6.18 Å². The van der Waals surface area contributed by atoms with Crippen LogP contribution >= 0.6 is 11.8 Å². The summed E-state index contributed by atoms with van der Waals surface area (Å²) in [5.41, 5.74) is -0.117. The Morgan fingerprint density at radius 2 is 1.66 bits per heavy atom. The second-order valence-electron chi connectivity index (χ2n) is 6.65. The maximum Gasteiger partial charge on any atom is 0.416 e. The number of halogens is 3. The molecule has 0 saturated heterocycles. The number of rotatable bonds is 8. The molecule has 0 saturated carbocycles. The molecule has 0 radical (unpaired) electrons. The number of thioether (sulfide) groups is 1. The average molecular weight is 463 g/mol. The third-order valence-electron chi connectivity index (χ3n) is 4.29. The van der Waals surface area contributed by atoms with E-state index in [1.54, 1.807) is 16.7 Å². The number of anilines is 2. The van der Waals surface area contributed by atoms with Crippen LogP contribution in [0.25, 0.3) is 0 Å². The largest absolute Gasteiger partial charge is 0.416 e. The SMILES string of the molecule is CCn1c(CC(=O)Nc2ccccc2)nnc1SCC(=O)Nc1cccc(C(F)(F)F)c1. The van der Waals surface area contributed by atoms with Crippen LogP contribution in [0.1, 0.15) is 18.3 Å². The van der Waals surface area contributed by atoms with Crippen molar-refractivity contribution in [3.05, 3.63) is 66.0 Å². The van der Waals surface area contributed by atoms with Crippen molar-refractivity contribution in [2.24, 2.45) is 0 Å². The zero-order valence-electron chi connectivity index (χ0n) is 17.0. The Kier molecular flexibility index (Phi) is 7.52. The van der Waals surface area contributed by atoms with Gasteiger partial charge in [0.05, 0.1) is 17.7 Å². The van der Waals surface area contributed by atoms with E-state index in [0.717, 1.165) is 23.9 Å². The van der Waals surface area contributed by atoms with Gasteiger partial charge in [0.15, 0.2) is 5.16 Å². The van der Waals surface area contributed by atoms with Crippen LogP contribution in [0.2, 0.25) is 0 Å². The lowest BCUT2D eigenvalue weighted by Crippen LogP contribution is -2.18. The Labute approximate surface area is 186 Å². The fourth-order valence-corrected chi connectivity index (χ4v) is 3.67. The molecule has 11 heteroatoms. The molecule has 0 aliphatic rings. The minimum atomic E-state index is -4.49. The normalized spacial score (nSPS) is 11.2. The van der Waals surface area contributed by atoms with Gasteiger partial charge in [0.2, 0.25) is 11.8 Å². The van der Waals surface area contributed by atoms with Gasteiger partial charge < -0.3 is 15.2 Å². The van der Waals surface area contributed by atoms with E-state index in [9.17, 15) is 22.8 Å². The second kappa shape index (κ2) is 10.3. The minimum Gasteiger partial charge on any atom is -0.326 e. The Bertz CT molecular complexity index is 1090. The molecule has 0 fully saturated rings. The van der Waals surface area contributed by atoms with Crippen LogP contribution in [0.4, 0.5) is 24.5 Å². The molecule has 2 N–H and O–H groups in total. The first-order valence-corrected chi connectivity index (χ1v) is 10.6. The van der Waals surface area contributed by atoms with E-state index < -0.39 is 17.6 Å².